The third-order valence-electron chi connectivity index (χ3n) is 3.60. The Kier molecular flexibility index (Phi) is 5.72. The molecule has 1 atom stereocenters. The Morgan fingerprint density at radius 2 is 2.17 bits per heavy atom. The lowest BCUT2D eigenvalue weighted by molar-refractivity contribution is -0.385. The zero-order valence-corrected chi connectivity index (χ0v) is 13.5. The SMILES string of the molecule is COc1ccc(CNCC(c2ccco2)N(C)C)cc1[N+](=O)[O-]. The number of methoxy groups -OCH3 is 1. The molecule has 0 amide bonds. The smallest absolute Gasteiger partial charge is 0.311 e. The molecule has 2 rings (SSSR count). The lowest BCUT2D eigenvalue weighted by Gasteiger charge is -2.22. The molecule has 1 N–H and O–H groups in total. The molecule has 0 radical (unpaired) electrons. The quantitative estimate of drug-likeness (QED) is 0.595. The van der Waals surface area contributed by atoms with Gasteiger partial charge < -0.3 is 14.5 Å². The van der Waals surface area contributed by atoms with Gasteiger partial charge in [0.15, 0.2) is 5.75 Å². The van der Waals surface area contributed by atoms with Gasteiger partial charge in [0.25, 0.3) is 0 Å². The number of nitro groups is 1. The topological polar surface area (TPSA) is 80.8 Å². The van der Waals surface area contributed by atoms with Crippen molar-refractivity contribution >= 4 is 5.69 Å². The zero-order valence-electron chi connectivity index (χ0n) is 13.5. The zero-order chi connectivity index (χ0) is 16.8. The van der Waals surface area contributed by atoms with Gasteiger partial charge in [0.1, 0.15) is 5.76 Å². The third kappa shape index (κ3) is 4.30. The first kappa shape index (κ1) is 17.0. The van der Waals surface area contributed by atoms with E-state index in [1.54, 1.807) is 12.3 Å². The minimum atomic E-state index is -0.437. The standard InChI is InChI=1S/C16H21N3O4/c1-18(2)14(16-5-4-8-23-16)11-17-10-12-6-7-15(22-3)13(9-12)19(20)21/h4-9,14,17H,10-11H2,1-3H3. The number of furan rings is 1. The van der Waals surface area contributed by atoms with Crippen LogP contribution in [0.5, 0.6) is 5.75 Å². The second-order valence-corrected chi connectivity index (χ2v) is 5.39. The number of likely N-dealkylation sites (N-methyl/N-ethyl adjacent to an activating group) is 1. The maximum Gasteiger partial charge on any atom is 0.311 e. The van der Waals surface area contributed by atoms with Crippen molar-refractivity contribution in [3.63, 3.8) is 0 Å². The van der Waals surface area contributed by atoms with E-state index in [-0.39, 0.29) is 17.5 Å². The van der Waals surface area contributed by atoms with Gasteiger partial charge >= 0.3 is 5.69 Å². The van der Waals surface area contributed by atoms with Crippen molar-refractivity contribution in [1.82, 2.24) is 10.2 Å². The van der Waals surface area contributed by atoms with E-state index in [1.807, 2.05) is 32.3 Å². The van der Waals surface area contributed by atoms with Crippen molar-refractivity contribution in [2.24, 2.45) is 0 Å². The molecule has 0 aliphatic rings. The molecule has 1 unspecified atom stereocenters. The summed E-state index contributed by atoms with van der Waals surface area (Å²) >= 11 is 0. The second kappa shape index (κ2) is 7.75. The van der Waals surface area contributed by atoms with Crippen LogP contribution in [0.15, 0.2) is 41.0 Å². The molecule has 0 aliphatic heterocycles. The number of rotatable bonds is 8. The Bertz CT molecular complexity index is 641. The largest absolute Gasteiger partial charge is 0.490 e. The summed E-state index contributed by atoms with van der Waals surface area (Å²) in [4.78, 5) is 12.7. The maximum atomic E-state index is 11.0. The summed E-state index contributed by atoms with van der Waals surface area (Å²) in [7, 11) is 5.38. The predicted octanol–water partition coefficient (Wildman–Crippen LogP) is 2.59. The van der Waals surface area contributed by atoms with Crippen molar-refractivity contribution in [3.8, 4) is 5.75 Å². The third-order valence-corrected chi connectivity index (χ3v) is 3.60. The first-order chi connectivity index (χ1) is 11.0. The molecule has 0 saturated carbocycles. The van der Waals surface area contributed by atoms with Crippen LogP contribution in [0.2, 0.25) is 0 Å². The number of nitro benzene ring substituents is 1. The Morgan fingerprint density at radius 1 is 1.39 bits per heavy atom. The van der Waals surface area contributed by atoms with E-state index in [0.717, 1.165) is 11.3 Å². The molecular formula is C16H21N3O4. The van der Waals surface area contributed by atoms with Crippen LogP contribution in [0.3, 0.4) is 0 Å². The fourth-order valence-corrected chi connectivity index (χ4v) is 2.36. The van der Waals surface area contributed by atoms with Gasteiger partial charge in [-0.25, -0.2) is 0 Å². The van der Waals surface area contributed by atoms with Gasteiger partial charge in [-0.3, -0.25) is 15.0 Å². The monoisotopic (exact) mass is 319 g/mol. The summed E-state index contributed by atoms with van der Waals surface area (Å²) in [6, 6.07) is 8.85. The number of nitrogens with zero attached hydrogens (tertiary/aromatic N) is 2. The van der Waals surface area contributed by atoms with E-state index >= 15 is 0 Å². The van der Waals surface area contributed by atoms with Crippen molar-refractivity contribution < 1.29 is 14.1 Å². The van der Waals surface area contributed by atoms with E-state index in [0.29, 0.717) is 13.1 Å². The summed E-state index contributed by atoms with van der Waals surface area (Å²) in [5.74, 6) is 1.14. The number of hydrogen-bond donors (Lipinski definition) is 1. The van der Waals surface area contributed by atoms with Gasteiger partial charge in [0.2, 0.25) is 0 Å². The highest BCUT2D eigenvalue weighted by molar-refractivity contribution is 5.48. The van der Waals surface area contributed by atoms with Crippen LogP contribution in [0.1, 0.15) is 17.4 Å². The van der Waals surface area contributed by atoms with Gasteiger partial charge in [-0.15, -0.1) is 0 Å². The van der Waals surface area contributed by atoms with Crippen LogP contribution >= 0.6 is 0 Å². The number of nitrogens with one attached hydrogen (secondary N) is 1. The highest BCUT2D eigenvalue weighted by Crippen LogP contribution is 2.27. The molecule has 0 aliphatic carbocycles. The molecule has 2 aromatic rings. The lowest BCUT2D eigenvalue weighted by atomic mass is 10.1. The predicted molar refractivity (Wildman–Crippen MR) is 86.5 cm³/mol. The molecule has 0 spiro atoms. The molecule has 0 saturated heterocycles. The fraction of sp³-hybridized carbons (Fsp3) is 0.375. The van der Waals surface area contributed by atoms with Gasteiger partial charge in [0.05, 0.1) is 24.3 Å². The summed E-state index contributed by atoms with van der Waals surface area (Å²) in [6.45, 7) is 1.19. The van der Waals surface area contributed by atoms with Crippen LogP contribution in [-0.2, 0) is 6.54 Å². The second-order valence-electron chi connectivity index (χ2n) is 5.39. The Hall–Kier alpha value is -2.38. The summed E-state index contributed by atoms with van der Waals surface area (Å²) in [5, 5.41) is 14.4. The molecule has 1 aromatic heterocycles. The van der Waals surface area contributed by atoms with Crippen molar-refractivity contribution in [2.75, 3.05) is 27.7 Å². The van der Waals surface area contributed by atoms with Gasteiger partial charge in [0, 0.05) is 19.2 Å². The van der Waals surface area contributed by atoms with Gasteiger partial charge in [-0.05, 0) is 37.9 Å². The van der Waals surface area contributed by atoms with Crippen LogP contribution < -0.4 is 10.1 Å². The van der Waals surface area contributed by atoms with Gasteiger partial charge in [-0.2, -0.15) is 0 Å². The van der Waals surface area contributed by atoms with E-state index < -0.39 is 4.92 Å². The molecular weight excluding hydrogens is 298 g/mol. The molecule has 7 nitrogen and oxygen atoms in total. The number of hydrogen-bond acceptors (Lipinski definition) is 6. The Morgan fingerprint density at radius 3 is 2.74 bits per heavy atom. The minimum absolute atomic E-state index is 0.0259. The first-order valence-corrected chi connectivity index (χ1v) is 7.24. The van der Waals surface area contributed by atoms with Gasteiger partial charge in [-0.1, -0.05) is 6.07 Å². The van der Waals surface area contributed by atoms with E-state index in [2.05, 4.69) is 10.2 Å². The Balaban J connectivity index is 2.00. The molecule has 1 heterocycles. The van der Waals surface area contributed by atoms with Crippen LogP contribution in [0, 0.1) is 10.1 Å². The summed E-state index contributed by atoms with van der Waals surface area (Å²) in [5.41, 5.74) is 0.802. The number of benzene rings is 1. The van der Waals surface area contributed by atoms with E-state index in [1.165, 1.54) is 13.2 Å². The highest BCUT2D eigenvalue weighted by atomic mass is 16.6. The molecule has 7 heteroatoms. The first-order valence-electron chi connectivity index (χ1n) is 7.24. The molecule has 124 valence electrons. The van der Waals surface area contributed by atoms with Crippen LogP contribution in [-0.4, -0.2) is 37.6 Å². The van der Waals surface area contributed by atoms with Crippen LogP contribution in [0.25, 0.3) is 0 Å². The molecule has 0 fully saturated rings. The molecule has 23 heavy (non-hydrogen) atoms. The summed E-state index contributed by atoms with van der Waals surface area (Å²) < 4.78 is 10.5. The fourth-order valence-electron chi connectivity index (χ4n) is 2.36. The average Bonchev–Trinajstić information content (AvgIpc) is 3.04. The summed E-state index contributed by atoms with van der Waals surface area (Å²) in [6.07, 6.45) is 1.65. The average molecular weight is 319 g/mol. The van der Waals surface area contributed by atoms with E-state index in [9.17, 15) is 10.1 Å². The van der Waals surface area contributed by atoms with Crippen molar-refractivity contribution in [1.29, 1.82) is 0 Å². The van der Waals surface area contributed by atoms with Crippen LogP contribution in [0.4, 0.5) is 5.69 Å². The Labute approximate surface area is 135 Å². The van der Waals surface area contributed by atoms with Crippen molar-refractivity contribution in [3.05, 3.63) is 58.0 Å². The highest BCUT2D eigenvalue weighted by Gasteiger charge is 2.17. The lowest BCUT2D eigenvalue weighted by Crippen LogP contribution is -2.30. The minimum Gasteiger partial charge on any atom is -0.490 e. The normalized spacial score (nSPS) is 12.3. The van der Waals surface area contributed by atoms with E-state index in [4.69, 9.17) is 9.15 Å². The molecule has 0 bridgehead atoms. The number of ether oxygens (including phenoxy) is 1. The van der Waals surface area contributed by atoms with Crippen molar-refractivity contribution in [2.45, 2.75) is 12.6 Å². The molecule has 1 aromatic carbocycles. The maximum absolute atomic E-state index is 11.0.